The highest BCUT2D eigenvalue weighted by Gasteiger charge is 2.37. The number of Topliss-reactive ketones (excluding diaryl/α,β-unsaturated/α-hetero) is 2. The first-order valence-corrected chi connectivity index (χ1v) is 32.0. The van der Waals surface area contributed by atoms with Gasteiger partial charge in [0.2, 0.25) is 0 Å². The first-order chi connectivity index (χ1) is 39.8. The van der Waals surface area contributed by atoms with Crippen LogP contribution >= 0.6 is 9.90 Å². The van der Waals surface area contributed by atoms with E-state index in [9.17, 15) is 32.3 Å². The number of alkyl halides is 4. The molecule has 2 aliphatic carbocycles. The number of hydrogen-bond donors (Lipinski definition) is 1. The molecule has 84 heavy (non-hydrogen) atoms. The van der Waals surface area contributed by atoms with Crippen LogP contribution in [0.3, 0.4) is 0 Å². The van der Waals surface area contributed by atoms with Crippen LogP contribution in [0.15, 0.2) is 73.3 Å². The lowest BCUT2D eigenvalue weighted by Crippen LogP contribution is -2.44. The molecule has 2 aliphatic heterocycles. The molecule has 4 fully saturated rings. The van der Waals surface area contributed by atoms with Crippen LogP contribution in [-0.2, 0) is 4.43 Å². The number of benzene rings is 2. The van der Waals surface area contributed by atoms with Gasteiger partial charge in [0.1, 0.15) is 56.9 Å². The van der Waals surface area contributed by atoms with E-state index in [0.717, 1.165) is 96.4 Å². The van der Waals surface area contributed by atoms with Crippen LogP contribution in [0, 0.1) is 23.7 Å². The molecular formula is C62H83F4N6O10PSi. The van der Waals surface area contributed by atoms with Gasteiger partial charge in [0.05, 0.1) is 57.8 Å². The van der Waals surface area contributed by atoms with Crippen LogP contribution in [-0.4, -0.2) is 147 Å². The lowest BCUT2D eigenvalue weighted by molar-refractivity contribution is -0.0509. The third-order valence-corrected chi connectivity index (χ3v) is 21.3. The maximum absolute atomic E-state index is 13.4. The van der Waals surface area contributed by atoms with Gasteiger partial charge in [-0.05, 0) is 131 Å². The van der Waals surface area contributed by atoms with Crippen molar-refractivity contribution in [2.24, 2.45) is 23.7 Å². The second kappa shape index (κ2) is 28.6. The Morgan fingerprint density at radius 1 is 0.643 bits per heavy atom. The van der Waals surface area contributed by atoms with Crippen molar-refractivity contribution >= 4 is 41.1 Å². The average Bonchev–Trinajstić information content (AvgIpc) is 4.53. The Hall–Kier alpha value is -5.83. The molecule has 4 aliphatic rings. The number of fused-ring (bicyclic) bond motifs is 2. The van der Waals surface area contributed by atoms with E-state index < -0.39 is 21.5 Å². The molecule has 3 atom stereocenters. The van der Waals surface area contributed by atoms with Crippen LogP contribution < -0.4 is 28.4 Å². The van der Waals surface area contributed by atoms with Crippen molar-refractivity contribution in [3.8, 4) is 57.0 Å². The van der Waals surface area contributed by atoms with Crippen molar-refractivity contribution in [1.29, 1.82) is 0 Å². The highest BCUT2D eigenvalue weighted by atomic mass is 31.0. The molecule has 22 heteroatoms. The third-order valence-electron chi connectivity index (χ3n) is 16.7. The normalized spacial score (nSPS) is 17.9. The van der Waals surface area contributed by atoms with Crippen LogP contribution in [0.25, 0.3) is 33.8 Å². The van der Waals surface area contributed by atoms with Gasteiger partial charge in [-0.2, -0.15) is 27.5 Å². The summed E-state index contributed by atoms with van der Waals surface area (Å²) >= 11 is 0. The number of halogens is 4. The van der Waals surface area contributed by atoms with E-state index in [-0.39, 0.29) is 80.1 Å². The average molecular weight is 1210 g/mol. The number of ether oxygens (including phenoxy) is 6. The van der Waals surface area contributed by atoms with Crippen molar-refractivity contribution in [1.82, 2.24) is 28.6 Å². The number of β-amino-alcohol motifs (C(OH)–C–C–N with tert-alkyl or cyclic N) is 1. The van der Waals surface area contributed by atoms with E-state index in [0.29, 0.717) is 83.0 Å². The molecule has 458 valence electrons. The van der Waals surface area contributed by atoms with Gasteiger partial charge >= 0.3 is 13.2 Å². The number of pyridine rings is 2. The number of aliphatic hydroxyl groups is 1. The third kappa shape index (κ3) is 16.6. The van der Waals surface area contributed by atoms with E-state index in [2.05, 4.69) is 53.6 Å². The summed E-state index contributed by atoms with van der Waals surface area (Å²) in [6.45, 7) is 13.0. The summed E-state index contributed by atoms with van der Waals surface area (Å²) < 4.78 is 96.3. The fourth-order valence-corrected chi connectivity index (χ4v) is 11.9. The van der Waals surface area contributed by atoms with Crippen molar-refractivity contribution < 1.29 is 65.1 Å². The number of rotatable bonds is 26. The van der Waals surface area contributed by atoms with Crippen molar-refractivity contribution in [3.05, 3.63) is 84.4 Å². The largest absolute Gasteiger partial charge is 0.496 e. The summed E-state index contributed by atoms with van der Waals surface area (Å²) in [5.74, 6) is 2.32. The van der Waals surface area contributed by atoms with E-state index in [1.165, 1.54) is 26.4 Å². The second-order valence-corrected chi connectivity index (χ2v) is 28.9. The minimum atomic E-state index is -3.08. The fraction of sp³-hybridized carbons (Fsp3) is 0.548. The quantitative estimate of drug-likeness (QED) is 0.0236. The first kappa shape index (κ1) is 64.2. The Morgan fingerprint density at radius 2 is 1.07 bits per heavy atom. The Labute approximate surface area is 494 Å². The maximum atomic E-state index is 13.4. The molecule has 2 aromatic carbocycles. The van der Waals surface area contributed by atoms with Gasteiger partial charge in [0, 0.05) is 93.1 Å². The zero-order valence-electron chi connectivity index (χ0n) is 49.6. The van der Waals surface area contributed by atoms with Gasteiger partial charge in [-0.15, -0.1) is 0 Å². The van der Waals surface area contributed by atoms with Gasteiger partial charge in [-0.3, -0.25) is 18.4 Å². The van der Waals surface area contributed by atoms with Gasteiger partial charge < -0.3 is 47.8 Å². The molecule has 10 rings (SSSR count). The zero-order valence-corrected chi connectivity index (χ0v) is 52.0. The van der Waals surface area contributed by atoms with Crippen LogP contribution in [0.1, 0.15) is 106 Å². The molecule has 0 radical (unpaired) electrons. The molecule has 0 amide bonds. The molecule has 6 aromatic rings. The van der Waals surface area contributed by atoms with Gasteiger partial charge in [-0.1, -0.05) is 20.8 Å². The summed E-state index contributed by atoms with van der Waals surface area (Å²) in [5.41, 5.74) is 3.76. The number of ketones is 2. The smallest absolute Gasteiger partial charge is 0.387 e. The van der Waals surface area contributed by atoms with E-state index in [1.54, 1.807) is 24.5 Å². The summed E-state index contributed by atoms with van der Waals surface area (Å²) in [5, 5.41) is 9.42. The van der Waals surface area contributed by atoms with Gasteiger partial charge in [-0.25, -0.2) is 9.97 Å². The fourth-order valence-electron chi connectivity index (χ4n) is 10.8. The highest BCUT2D eigenvalue weighted by Crippen LogP contribution is 2.43. The summed E-state index contributed by atoms with van der Waals surface area (Å²) in [6.07, 6.45) is 15.9. The Bertz CT molecular complexity index is 3180. The minimum absolute atomic E-state index is 0. The molecule has 2 saturated carbocycles. The Balaban J connectivity index is 0.000000219. The Kier molecular flexibility index (Phi) is 21.8. The molecule has 6 heterocycles. The maximum Gasteiger partial charge on any atom is 0.387 e. The molecule has 16 nitrogen and oxygen atoms in total. The summed E-state index contributed by atoms with van der Waals surface area (Å²) in [4.78, 5) is 39.7. The molecule has 1 unspecified atom stereocenters. The number of nitrogens with zero attached hydrogens (tertiary/aromatic N) is 6. The number of methoxy groups -OCH3 is 2. The van der Waals surface area contributed by atoms with E-state index in [1.807, 2.05) is 45.5 Å². The van der Waals surface area contributed by atoms with Gasteiger partial charge in [0.15, 0.2) is 19.9 Å². The molecule has 0 spiro atoms. The van der Waals surface area contributed by atoms with E-state index in [4.69, 9.17) is 32.8 Å². The SMILES string of the molecule is COc1cc(-c2cnc3cc(OC[C@@H]4CCCN(CCO)C4)ccn23)cc(OC(F)F)c1C(=O)CC1CC1.COc1cc(-c2cnc3cc(OC[C@@H]4CCCN(CCO[Si](C)(C)C(C)(C)C)C4)ccn23)cc(OC(F)F)c1C(=O)CC1CC1.P. The second-order valence-electron chi connectivity index (χ2n) is 24.0. The molecule has 1 N–H and O–H groups in total. The monoisotopic (exact) mass is 1210 g/mol. The van der Waals surface area contributed by atoms with E-state index >= 15 is 0 Å². The predicted octanol–water partition coefficient (Wildman–Crippen LogP) is 12.4. The van der Waals surface area contributed by atoms with Crippen molar-refractivity contribution in [3.63, 3.8) is 0 Å². The lowest BCUT2D eigenvalue weighted by atomic mass is 9.99. The molecule has 0 bridgehead atoms. The number of carbonyl (C=O) groups is 2. The van der Waals surface area contributed by atoms with Crippen LogP contribution in [0.2, 0.25) is 18.1 Å². The minimum Gasteiger partial charge on any atom is -0.496 e. The number of aromatic nitrogens is 4. The first-order valence-electron chi connectivity index (χ1n) is 29.1. The molecular weight excluding hydrogens is 1120 g/mol. The standard InChI is InChI=1S/C34H47F2N3O5Si.C28H33F2N3O5.H3P/c1-34(2,3)45(5,6)43-15-14-38-12-7-8-24(21-38)22-42-26-11-13-39-27(20-37-31(39)19-26)25-17-29(41-4)32(28(40)16-23-9-10-23)30(18-25)44-33(35)36;1-36-24-12-20(13-25(38-28(29)30)27(24)23(35)11-18-4-5-18)22-15-31-26-14-21(6-8-33(22)26)37-17-19-3-2-7-32(16-19)9-10-34;/h11,13,17-20,23-24,33H,7-10,12,14-16,21-22H2,1-6H3;6,8,12-15,18-19,28,34H,2-5,7,9-11,16-17H2,1H3;1H3/t24-;19-;/m11./s1. The Morgan fingerprint density at radius 3 is 1.46 bits per heavy atom. The number of imidazole rings is 2. The van der Waals surface area contributed by atoms with Gasteiger partial charge in [0.25, 0.3) is 0 Å². The zero-order chi connectivity index (χ0) is 59.0. The number of aliphatic hydroxyl groups excluding tert-OH is 1. The molecule has 4 aromatic heterocycles. The number of hydrogen-bond acceptors (Lipinski definition) is 14. The van der Waals surface area contributed by atoms with Crippen molar-refractivity contribution in [2.45, 2.75) is 116 Å². The predicted molar refractivity (Wildman–Crippen MR) is 322 cm³/mol. The number of likely N-dealkylation sites (tertiary alicyclic amines) is 2. The van der Waals surface area contributed by atoms with Crippen LogP contribution in [0.5, 0.6) is 34.5 Å². The van der Waals surface area contributed by atoms with Crippen molar-refractivity contribution in [2.75, 3.05) is 79.9 Å². The molecule has 2 saturated heterocycles. The summed E-state index contributed by atoms with van der Waals surface area (Å²) in [7, 11) is 1.08. The van der Waals surface area contributed by atoms with Crippen LogP contribution in [0.4, 0.5) is 17.6 Å². The lowest BCUT2D eigenvalue weighted by Gasteiger charge is -2.38. The summed E-state index contributed by atoms with van der Waals surface area (Å²) in [6, 6.07) is 13.7. The highest BCUT2D eigenvalue weighted by molar-refractivity contribution is 6.92. The number of piperidine rings is 2. The topological polar surface area (TPSA) is 160 Å². The number of carbonyl (C=O) groups excluding carboxylic acids is 2.